The SMILES string of the molecule is Cc1ccc(Br)c(NS(=O)(=O)c2cccc(C(N)=S)c2)c1. The molecule has 2 aromatic carbocycles. The molecule has 7 heteroatoms. The summed E-state index contributed by atoms with van der Waals surface area (Å²) in [7, 11) is -3.70. The van der Waals surface area contributed by atoms with Crippen LogP contribution in [-0.4, -0.2) is 13.4 Å². The Labute approximate surface area is 137 Å². The largest absolute Gasteiger partial charge is 0.389 e. The van der Waals surface area contributed by atoms with E-state index >= 15 is 0 Å². The Balaban J connectivity index is 2.41. The number of hydrogen-bond donors (Lipinski definition) is 2. The van der Waals surface area contributed by atoms with E-state index in [-0.39, 0.29) is 9.88 Å². The fourth-order valence-electron chi connectivity index (χ4n) is 1.74. The van der Waals surface area contributed by atoms with Gasteiger partial charge in [0.15, 0.2) is 0 Å². The molecule has 3 N–H and O–H groups in total. The molecule has 0 heterocycles. The number of nitrogens with one attached hydrogen (secondary N) is 1. The Bertz CT molecular complexity index is 804. The van der Waals surface area contributed by atoms with Crippen molar-refractivity contribution in [2.45, 2.75) is 11.8 Å². The van der Waals surface area contributed by atoms with Gasteiger partial charge < -0.3 is 5.73 Å². The standard InChI is InChI=1S/C14H13BrN2O2S2/c1-9-5-6-12(15)13(7-9)17-21(18,19)11-4-2-3-10(8-11)14(16)20/h2-8,17H,1H3,(H2,16,20). The van der Waals surface area contributed by atoms with Crippen LogP contribution in [0.25, 0.3) is 0 Å². The van der Waals surface area contributed by atoms with Gasteiger partial charge in [0, 0.05) is 10.0 Å². The van der Waals surface area contributed by atoms with Crippen LogP contribution in [0.3, 0.4) is 0 Å². The molecule has 21 heavy (non-hydrogen) atoms. The van der Waals surface area contributed by atoms with Gasteiger partial charge >= 0.3 is 0 Å². The van der Waals surface area contributed by atoms with E-state index in [0.717, 1.165) is 5.56 Å². The highest BCUT2D eigenvalue weighted by Crippen LogP contribution is 2.26. The van der Waals surface area contributed by atoms with Gasteiger partial charge in [0.1, 0.15) is 4.99 Å². The molecule has 110 valence electrons. The van der Waals surface area contributed by atoms with E-state index in [4.69, 9.17) is 18.0 Å². The van der Waals surface area contributed by atoms with E-state index in [0.29, 0.717) is 15.7 Å². The monoisotopic (exact) mass is 384 g/mol. The lowest BCUT2D eigenvalue weighted by atomic mass is 10.2. The molecule has 0 spiro atoms. The van der Waals surface area contributed by atoms with Crippen LogP contribution in [0.5, 0.6) is 0 Å². The molecule has 0 aromatic heterocycles. The van der Waals surface area contributed by atoms with E-state index in [9.17, 15) is 8.42 Å². The third-order valence-electron chi connectivity index (χ3n) is 2.80. The van der Waals surface area contributed by atoms with Crippen LogP contribution in [0.15, 0.2) is 51.8 Å². The minimum Gasteiger partial charge on any atom is -0.389 e. The van der Waals surface area contributed by atoms with Crippen molar-refractivity contribution in [2.24, 2.45) is 5.73 Å². The minimum absolute atomic E-state index is 0.112. The van der Waals surface area contributed by atoms with Crippen molar-refractivity contribution in [3.8, 4) is 0 Å². The van der Waals surface area contributed by atoms with Crippen LogP contribution in [0.4, 0.5) is 5.69 Å². The summed E-state index contributed by atoms with van der Waals surface area (Å²) in [5.41, 5.74) is 7.48. The Kier molecular flexibility index (Phi) is 4.65. The van der Waals surface area contributed by atoms with Crippen LogP contribution in [0, 0.1) is 6.92 Å². The lowest BCUT2D eigenvalue weighted by Crippen LogP contribution is -2.15. The number of anilines is 1. The van der Waals surface area contributed by atoms with Crippen molar-refractivity contribution in [1.29, 1.82) is 0 Å². The molecule has 0 aliphatic heterocycles. The maximum Gasteiger partial charge on any atom is 0.261 e. The molecule has 0 fully saturated rings. The van der Waals surface area contributed by atoms with Gasteiger partial charge in [0.05, 0.1) is 10.6 Å². The zero-order chi connectivity index (χ0) is 15.6. The van der Waals surface area contributed by atoms with Crippen LogP contribution in [0.2, 0.25) is 0 Å². The van der Waals surface area contributed by atoms with Crippen molar-refractivity contribution in [1.82, 2.24) is 0 Å². The lowest BCUT2D eigenvalue weighted by molar-refractivity contribution is 0.601. The van der Waals surface area contributed by atoms with Crippen molar-refractivity contribution in [3.05, 3.63) is 58.1 Å². The summed E-state index contributed by atoms with van der Waals surface area (Å²) >= 11 is 8.19. The molecule has 2 aromatic rings. The highest BCUT2D eigenvalue weighted by atomic mass is 79.9. The van der Waals surface area contributed by atoms with Gasteiger partial charge in [-0.1, -0.05) is 30.4 Å². The van der Waals surface area contributed by atoms with E-state index in [1.807, 2.05) is 13.0 Å². The van der Waals surface area contributed by atoms with E-state index in [1.165, 1.54) is 12.1 Å². The number of nitrogens with two attached hydrogens (primary N) is 1. The number of halogens is 1. The van der Waals surface area contributed by atoms with Gasteiger partial charge in [0.25, 0.3) is 10.0 Å². The highest BCUT2D eigenvalue weighted by Gasteiger charge is 2.16. The van der Waals surface area contributed by atoms with Gasteiger partial charge in [-0.05, 0) is 52.7 Å². The zero-order valence-corrected chi connectivity index (χ0v) is 14.3. The summed E-state index contributed by atoms with van der Waals surface area (Å²) in [6.45, 7) is 1.89. The topological polar surface area (TPSA) is 72.2 Å². The molecule has 4 nitrogen and oxygen atoms in total. The number of thiocarbonyl (C=S) groups is 1. The molecule has 0 saturated carbocycles. The van der Waals surface area contributed by atoms with Crippen molar-refractivity contribution in [2.75, 3.05) is 4.72 Å². The maximum atomic E-state index is 12.4. The summed E-state index contributed by atoms with van der Waals surface area (Å²) < 4.78 is 28.1. The second-order valence-corrected chi connectivity index (χ2v) is 7.46. The molecule has 0 saturated heterocycles. The molecule has 2 rings (SSSR count). The fourth-order valence-corrected chi connectivity index (χ4v) is 3.46. The number of rotatable bonds is 4. The van der Waals surface area contributed by atoms with Crippen LogP contribution < -0.4 is 10.5 Å². The summed E-state index contributed by atoms with van der Waals surface area (Å²) in [6.07, 6.45) is 0. The normalized spacial score (nSPS) is 11.1. The van der Waals surface area contributed by atoms with Gasteiger partial charge in [-0.2, -0.15) is 0 Å². The predicted molar refractivity (Wildman–Crippen MR) is 92.0 cm³/mol. The van der Waals surface area contributed by atoms with Gasteiger partial charge in [-0.3, -0.25) is 4.72 Å². The average Bonchev–Trinajstić information content (AvgIpc) is 2.43. The molecule has 0 unspecified atom stereocenters. The average molecular weight is 385 g/mol. The van der Waals surface area contributed by atoms with E-state index in [2.05, 4.69) is 20.7 Å². The molecule has 0 bridgehead atoms. The van der Waals surface area contributed by atoms with E-state index in [1.54, 1.807) is 24.3 Å². The Morgan fingerprint density at radius 2 is 1.95 bits per heavy atom. The first-order valence-corrected chi connectivity index (χ1v) is 8.67. The lowest BCUT2D eigenvalue weighted by Gasteiger charge is -2.11. The smallest absolute Gasteiger partial charge is 0.261 e. The van der Waals surface area contributed by atoms with Gasteiger partial charge in [-0.15, -0.1) is 0 Å². The summed E-state index contributed by atoms with van der Waals surface area (Å²) in [5.74, 6) is 0. The van der Waals surface area contributed by atoms with Crippen molar-refractivity contribution < 1.29 is 8.42 Å². The fraction of sp³-hybridized carbons (Fsp3) is 0.0714. The van der Waals surface area contributed by atoms with Gasteiger partial charge in [0.2, 0.25) is 0 Å². The molecular weight excluding hydrogens is 372 g/mol. The first-order chi connectivity index (χ1) is 9.79. The van der Waals surface area contributed by atoms with E-state index < -0.39 is 10.0 Å². The number of benzene rings is 2. The van der Waals surface area contributed by atoms with Crippen LogP contribution in [-0.2, 0) is 10.0 Å². The summed E-state index contributed by atoms with van der Waals surface area (Å²) in [6, 6.07) is 11.6. The number of sulfonamides is 1. The van der Waals surface area contributed by atoms with Crippen molar-refractivity contribution in [3.63, 3.8) is 0 Å². The Hall–Kier alpha value is -1.44. The summed E-state index contributed by atoms with van der Waals surface area (Å²) in [5, 5.41) is 0. The maximum absolute atomic E-state index is 12.4. The summed E-state index contributed by atoms with van der Waals surface area (Å²) in [4.78, 5) is 0.269. The third kappa shape index (κ3) is 3.81. The number of aryl methyl sites for hydroxylation is 1. The van der Waals surface area contributed by atoms with Crippen molar-refractivity contribution >= 4 is 48.8 Å². The molecule has 0 aliphatic carbocycles. The van der Waals surface area contributed by atoms with Crippen LogP contribution >= 0.6 is 28.1 Å². The zero-order valence-electron chi connectivity index (χ0n) is 11.1. The third-order valence-corrected chi connectivity index (χ3v) is 5.09. The molecule has 0 amide bonds. The predicted octanol–water partition coefficient (Wildman–Crippen LogP) is 3.19. The highest BCUT2D eigenvalue weighted by molar-refractivity contribution is 9.10. The molecule has 0 atom stereocenters. The molecule has 0 radical (unpaired) electrons. The Morgan fingerprint density at radius 1 is 1.24 bits per heavy atom. The second-order valence-electron chi connectivity index (χ2n) is 4.48. The Morgan fingerprint density at radius 3 is 2.62 bits per heavy atom. The number of hydrogen-bond acceptors (Lipinski definition) is 3. The van der Waals surface area contributed by atoms with Gasteiger partial charge in [-0.25, -0.2) is 8.42 Å². The molecular formula is C14H13BrN2O2S2. The first-order valence-electron chi connectivity index (χ1n) is 5.98. The first kappa shape index (κ1) is 15.9. The minimum atomic E-state index is -3.70. The molecule has 0 aliphatic rings. The quantitative estimate of drug-likeness (QED) is 0.793. The second kappa shape index (κ2) is 6.13. The van der Waals surface area contributed by atoms with Crippen LogP contribution in [0.1, 0.15) is 11.1 Å².